The summed E-state index contributed by atoms with van der Waals surface area (Å²) in [4.78, 5) is 24.9. The van der Waals surface area contributed by atoms with Gasteiger partial charge in [-0.2, -0.15) is 0 Å². The van der Waals surface area contributed by atoms with Gasteiger partial charge in [-0.15, -0.1) is 0 Å². The maximum Gasteiger partial charge on any atom is 0.329 e. The SMILES string of the molecule is COC(=O)C(CNCCC1CCN(C)CC1)NC(C)=O. The van der Waals surface area contributed by atoms with Gasteiger partial charge in [-0.3, -0.25) is 4.79 Å². The molecule has 1 rings (SSSR count). The molecule has 1 amide bonds. The zero-order chi connectivity index (χ0) is 15.0. The quantitative estimate of drug-likeness (QED) is 0.508. The summed E-state index contributed by atoms with van der Waals surface area (Å²) in [5.41, 5.74) is 0. The summed E-state index contributed by atoms with van der Waals surface area (Å²) < 4.78 is 4.67. The van der Waals surface area contributed by atoms with E-state index in [9.17, 15) is 9.59 Å². The Hall–Kier alpha value is -1.14. The molecule has 116 valence electrons. The van der Waals surface area contributed by atoms with E-state index in [-0.39, 0.29) is 5.91 Å². The van der Waals surface area contributed by atoms with Crippen LogP contribution in [0.5, 0.6) is 0 Å². The van der Waals surface area contributed by atoms with Gasteiger partial charge in [0.1, 0.15) is 6.04 Å². The van der Waals surface area contributed by atoms with Crippen LogP contribution in [-0.4, -0.2) is 63.2 Å². The fourth-order valence-electron chi connectivity index (χ4n) is 2.48. The third-order valence-corrected chi connectivity index (χ3v) is 3.78. The lowest BCUT2D eigenvalue weighted by atomic mass is 9.94. The third-order valence-electron chi connectivity index (χ3n) is 3.78. The fraction of sp³-hybridized carbons (Fsp3) is 0.857. The number of hydrogen-bond donors (Lipinski definition) is 2. The first-order chi connectivity index (χ1) is 9.52. The van der Waals surface area contributed by atoms with E-state index < -0.39 is 12.0 Å². The smallest absolute Gasteiger partial charge is 0.329 e. The van der Waals surface area contributed by atoms with Crippen molar-refractivity contribution in [2.45, 2.75) is 32.2 Å². The predicted molar refractivity (Wildman–Crippen MR) is 77.3 cm³/mol. The molecule has 0 spiro atoms. The van der Waals surface area contributed by atoms with Crippen molar-refractivity contribution in [1.29, 1.82) is 0 Å². The van der Waals surface area contributed by atoms with Crippen LogP contribution in [0.15, 0.2) is 0 Å². The van der Waals surface area contributed by atoms with Crippen LogP contribution in [0.1, 0.15) is 26.2 Å². The molecule has 6 nitrogen and oxygen atoms in total. The number of nitrogens with zero attached hydrogens (tertiary/aromatic N) is 1. The van der Waals surface area contributed by atoms with E-state index in [1.54, 1.807) is 0 Å². The average Bonchev–Trinajstić information content (AvgIpc) is 2.43. The summed E-state index contributed by atoms with van der Waals surface area (Å²) in [6, 6.07) is -0.602. The Balaban J connectivity index is 2.19. The Labute approximate surface area is 121 Å². The van der Waals surface area contributed by atoms with Crippen molar-refractivity contribution in [2.75, 3.05) is 40.3 Å². The predicted octanol–water partition coefficient (Wildman–Crippen LogP) is -0.0144. The lowest BCUT2D eigenvalue weighted by Gasteiger charge is -2.29. The Morgan fingerprint density at radius 3 is 2.55 bits per heavy atom. The molecular formula is C14H27N3O3. The molecule has 1 saturated heterocycles. The first kappa shape index (κ1) is 16.9. The molecule has 0 aromatic heterocycles. The fourth-order valence-corrected chi connectivity index (χ4v) is 2.48. The van der Waals surface area contributed by atoms with E-state index in [1.165, 1.54) is 40.0 Å². The van der Waals surface area contributed by atoms with Crippen molar-refractivity contribution in [1.82, 2.24) is 15.5 Å². The van der Waals surface area contributed by atoms with Crippen LogP contribution in [0, 0.1) is 5.92 Å². The number of likely N-dealkylation sites (tertiary alicyclic amines) is 1. The van der Waals surface area contributed by atoms with Gasteiger partial charge in [0.15, 0.2) is 0 Å². The van der Waals surface area contributed by atoms with E-state index in [4.69, 9.17) is 0 Å². The molecule has 0 aromatic carbocycles. The van der Waals surface area contributed by atoms with Gasteiger partial charge in [0, 0.05) is 13.5 Å². The molecule has 0 aromatic rings. The highest BCUT2D eigenvalue weighted by Gasteiger charge is 2.20. The average molecular weight is 285 g/mol. The monoisotopic (exact) mass is 285 g/mol. The molecule has 1 fully saturated rings. The van der Waals surface area contributed by atoms with Crippen molar-refractivity contribution in [3.8, 4) is 0 Å². The van der Waals surface area contributed by atoms with Crippen LogP contribution in [0.3, 0.4) is 0 Å². The number of piperidine rings is 1. The van der Waals surface area contributed by atoms with Crippen LogP contribution < -0.4 is 10.6 Å². The van der Waals surface area contributed by atoms with Gasteiger partial charge in [-0.25, -0.2) is 4.79 Å². The number of amides is 1. The molecule has 0 aliphatic carbocycles. The van der Waals surface area contributed by atoms with Gasteiger partial charge >= 0.3 is 5.97 Å². The summed E-state index contributed by atoms with van der Waals surface area (Å²) >= 11 is 0. The maximum absolute atomic E-state index is 11.5. The topological polar surface area (TPSA) is 70.7 Å². The summed E-state index contributed by atoms with van der Waals surface area (Å²) in [5, 5.41) is 5.83. The molecular weight excluding hydrogens is 258 g/mol. The number of carbonyl (C=O) groups excluding carboxylic acids is 2. The Morgan fingerprint density at radius 1 is 1.35 bits per heavy atom. The molecule has 1 heterocycles. The molecule has 20 heavy (non-hydrogen) atoms. The third kappa shape index (κ3) is 6.34. The minimum atomic E-state index is -0.602. The van der Waals surface area contributed by atoms with Crippen molar-refractivity contribution < 1.29 is 14.3 Å². The lowest BCUT2D eigenvalue weighted by Crippen LogP contribution is -2.47. The second-order valence-corrected chi connectivity index (χ2v) is 5.52. The highest BCUT2D eigenvalue weighted by molar-refractivity contribution is 5.83. The maximum atomic E-state index is 11.5. The highest BCUT2D eigenvalue weighted by Crippen LogP contribution is 2.18. The number of carbonyl (C=O) groups is 2. The zero-order valence-corrected chi connectivity index (χ0v) is 12.8. The van der Waals surface area contributed by atoms with E-state index in [0.29, 0.717) is 6.54 Å². The number of methoxy groups -OCH3 is 1. The molecule has 0 saturated carbocycles. The minimum absolute atomic E-state index is 0.225. The number of ether oxygens (including phenoxy) is 1. The summed E-state index contributed by atoms with van der Waals surface area (Å²) in [5.74, 6) is 0.126. The van der Waals surface area contributed by atoms with Crippen LogP contribution >= 0.6 is 0 Å². The summed E-state index contributed by atoms with van der Waals surface area (Å²) in [7, 11) is 3.48. The summed E-state index contributed by atoms with van der Waals surface area (Å²) in [6.07, 6.45) is 3.59. The second kappa shape index (κ2) is 8.92. The summed E-state index contributed by atoms with van der Waals surface area (Å²) in [6.45, 7) is 5.01. The molecule has 1 unspecified atom stereocenters. The van der Waals surface area contributed by atoms with Gasteiger partial charge < -0.3 is 20.3 Å². The van der Waals surface area contributed by atoms with E-state index >= 15 is 0 Å². The largest absolute Gasteiger partial charge is 0.467 e. The first-order valence-electron chi connectivity index (χ1n) is 7.27. The van der Waals surface area contributed by atoms with E-state index in [0.717, 1.165) is 18.9 Å². The highest BCUT2D eigenvalue weighted by atomic mass is 16.5. The first-order valence-corrected chi connectivity index (χ1v) is 7.27. The standard InChI is InChI=1S/C14H27N3O3/c1-11(18)16-13(14(19)20-3)10-15-7-4-12-5-8-17(2)9-6-12/h12-13,15H,4-10H2,1-3H3,(H,16,18). The number of esters is 1. The van der Waals surface area contributed by atoms with Gasteiger partial charge in [0.2, 0.25) is 5.91 Å². The van der Waals surface area contributed by atoms with E-state index in [2.05, 4.69) is 27.3 Å². The minimum Gasteiger partial charge on any atom is -0.467 e. The van der Waals surface area contributed by atoms with Crippen molar-refractivity contribution in [2.24, 2.45) is 5.92 Å². The molecule has 0 radical (unpaired) electrons. The second-order valence-electron chi connectivity index (χ2n) is 5.52. The normalized spacial score (nSPS) is 18.6. The van der Waals surface area contributed by atoms with Crippen molar-refractivity contribution in [3.63, 3.8) is 0 Å². The molecule has 0 bridgehead atoms. The Kier molecular flexibility index (Phi) is 7.54. The van der Waals surface area contributed by atoms with E-state index in [1.807, 2.05) is 0 Å². The Morgan fingerprint density at radius 2 is 2.00 bits per heavy atom. The van der Waals surface area contributed by atoms with Gasteiger partial charge in [0.05, 0.1) is 7.11 Å². The Bertz CT molecular complexity index is 315. The van der Waals surface area contributed by atoms with Gasteiger partial charge in [-0.05, 0) is 51.9 Å². The number of rotatable bonds is 7. The molecule has 1 aliphatic heterocycles. The zero-order valence-electron chi connectivity index (χ0n) is 12.8. The van der Waals surface area contributed by atoms with Gasteiger partial charge in [-0.1, -0.05) is 0 Å². The molecule has 6 heteroatoms. The molecule has 1 aliphatic rings. The van der Waals surface area contributed by atoms with Crippen molar-refractivity contribution in [3.05, 3.63) is 0 Å². The van der Waals surface area contributed by atoms with Crippen LogP contribution in [0.4, 0.5) is 0 Å². The molecule has 1 atom stereocenters. The van der Waals surface area contributed by atoms with Crippen LogP contribution in [0.2, 0.25) is 0 Å². The lowest BCUT2D eigenvalue weighted by molar-refractivity contribution is -0.144. The number of nitrogens with one attached hydrogen (secondary N) is 2. The molecule has 2 N–H and O–H groups in total. The van der Waals surface area contributed by atoms with Crippen LogP contribution in [-0.2, 0) is 14.3 Å². The van der Waals surface area contributed by atoms with Gasteiger partial charge in [0.25, 0.3) is 0 Å². The van der Waals surface area contributed by atoms with Crippen molar-refractivity contribution >= 4 is 11.9 Å². The van der Waals surface area contributed by atoms with Crippen LogP contribution in [0.25, 0.3) is 0 Å². The number of hydrogen-bond acceptors (Lipinski definition) is 5.